The van der Waals surface area contributed by atoms with Crippen LogP contribution in [0, 0.1) is 6.92 Å². The lowest BCUT2D eigenvalue weighted by Gasteiger charge is -2.32. The van der Waals surface area contributed by atoms with E-state index in [0.717, 1.165) is 29.9 Å². The van der Waals surface area contributed by atoms with Gasteiger partial charge in [0.2, 0.25) is 0 Å². The molecule has 108 valence electrons. The fourth-order valence-corrected chi connectivity index (χ4v) is 3.27. The average Bonchev–Trinajstić information content (AvgIpc) is 2.91. The van der Waals surface area contributed by atoms with Crippen molar-refractivity contribution >= 4 is 22.6 Å². The van der Waals surface area contributed by atoms with Crippen LogP contribution < -0.4 is 0 Å². The molecule has 1 saturated heterocycles. The van der Waals surface area contributed by atoms with Crippen LogP contribution in [-0.2, 0) is 10.3 Å². The van der Waals surface area contributed by atoms with Gasteiger partial charge in [-0.2, -0.15) is 0 Å². The van der Waals surface area contributed by atoms with E-state index in [1.165, 1.54) is 5.56 Å². The minimum atomic E-state index is -0.118. The molecule has 3 rings (SSSR count). The molecule has 20 heavy (non-hydrogen) atoms. The first-order chi connectivity index (χ1) is 9.43. The number of fused-ring (bicyclic) bond motifs is 1. The molecular weight excluding hydrogens is 272 g/mol. The third kappa shape index (κ3) is 1.95. The number of imidazole rings is 1. The second kappa shape index (κ2) is 4.74. The molecule has 0 N–H and O–H groups in total. The maximum absolute atomic E-state index is 6.38. The van der Waals surface area contributed by atoms with Crippen LogP contribution in [-0.4, -0.2) is 22.3 Å². The molecule has 2 heterocycles. The average molecular weight is 293 g/mol. The Morgan fingerprint density at radius 2 is 2.25 bits per heavy atom. The van der Waals surface area contributed by atoms with Crippen LogP contribution in [0.15, 0.2) is 18.2 Å². The number of nitrogens with zero attached hydrogens (tertiary/aromatic N) is 2. The number of aromatic nitrogens is 2. The maximum atomic E-state index is 6.38. The molecule has 1 fully saturated rings. The van der Waals surface area contributed by atoms with Gasteiger partial charge in [0, 0.05) is 6.61 Å². The van der Waals surface area contributed by atoms with Crippen LogP contribution in [0.4, 0.5) is 0 Å². The second-order valence-electron chi connectivity index (χ2n) is 6.03. The normalized spacial score (nSPS) is 28.1. The van der Waals surface area contributed by atoms with E-state index >= 15 is 0 Å². The standard InChI is InChI=1S/C16H21ClN2O/c1-10-5-6-13-14(9-10)19(15(18-13)11(2)17)16(4)7-8-20-12(16)3/h5-6,9,11-12H,7-8H2,1-4H3. The Hall–Kier alpha value is -1.06. The van der Waals surface area contributed by atoms with Gasteiger partial charge in [0.15, 0.2) is 0 Å². The van der Waals surface area contributed by atoms with Gasteiger partial charge in [0.05, 0.1) is 28.1 Å². The molecule has 4 heteroatoms. The van der Waals surface area contributed by atoms with E-state index in [1.54, 1.807) is 0 Å². The molecule has 2 aromatic rings. The molecule has 0 saturated carbocycles. The molecule has 0 spiro atoms. The lowest BCUT2D eigenvalue weighted by molar-refractivity contribution is 0.0763. The smallest absolute Gasteiger partial charge is 0.128 e. The van der Waals surface area contributed by atoms with Gasteiger partial charge in [-0.3, -0.25) is 0 Å². The van der Waals surface area contributed by atoms with Crippen molar-refractivity contribution in [3.8, 4) is 0 Å². The van der Waals surface area contributed by atoms with Gasteiger partial charge in [-0.15, -0.1) is 11.6 Å². The predicted molar refractivity (Wildman–Crippen MR) is 82.4 cm³/mol. The molecule has 3 nitrogen and oxygen atoms in total. The largest absolute Gasteiger partial charge is 0.376 e. The summed E-state index contributed by atoms with van der Waals surface area (Å²) in [5.41, 5.74) is 3.33. The van der Waals surface area contributed by atoms with Crippen molar-refractivity contribution in [1.82, 2.24) is 9.55 Å². The Morgan fingerprint density at radius 1 is 1.50 bits per heavy atom. The van der Waals surface area contributed by atoms with Crippen molar-refractivity contribution in [2.75, 3.05) is 6.61 Å². The lowest BCUT2D eigenvalue weighted by atomic mass is 9.93. The van der Waals surface area contributed by atoms with Crippen LogP contribution in [0.1, 0.15) is 44.0 Å². The quantitative estimate of drug-likeness (QED) is 0.777. The van der Waals surface area contributed by atoms with E-state index < -0.39 is 0 Å². The zero-order valence-electron chi connectivity index (χ0n) is 12.5. The summed E-state index contributed by atoms with van der Waals surface area (Å²) < 4.78 is 8.12. The van der Waals surface area contributed by atoms with Crippen molar-refractivity contribution in [2.24, 2.45) is 0 Å². The number of halogens is 1. The van der Waals surface area contributed by atoms with E-state index in [-0.39, 0.29) is 17.0 Å². The highest BCUT2D eigenvalue weighted by atomic mass is 35.5. The Bertz CT molecular complexity index is 649. The Kier molecular flexibility index (Phi) is 3.30. The number of benzene rings is 1. The van der Waals surface area contributed by atoms with E-state index in [0.29, 0.717) is 0 Å². The molecule has 0 radical (unpaired) electrons. The first-order valence-electron chi connectivity index (χ1n) is 7.18. The van der Waals surface area contributed by atoms with Crippen molar-refractivity contribution in [2.45, 2.75) is 51.1 Å². The van der Waals surface area contributed by atoms with Crippen molar-refractivity contribution in [3.63, 3.8) is 0 Å². The fraction of sp³-hybridized carbons (Fsp3) is 0.562. The summed E-state index contributed by atoms with van der Waals surface area (Å²) in [5, 5.41) is -0.118. The third-order valence-electron chi connectivity index (χ3n) is 4.55. The van der Waals surface area contributed by atoms with Gasteiger partial charge in [0.25, 0.3) is 0 Å². The summed E-state index contributed by atoms with van der Waals surface area (Å²) in [6.45, 7) is 9.26. The number of hydrogen-bond donors (Lipinski definition) is 0. The molecule has 0 amide bonds. The van der Waals surface area contributed by atoms with Crippen LogP contribution in [0.25, 0.3) is 11.0 Å². The third-order valence-corrected chi connectivity index (χ3v) is 4.75. The first kappa shape index (κ1) is 13.9. The molecule has 0 bridgehead atoms. The van der Waals surface area contributed by atoms with Crippen LogP contribution in [0.5, 0.6) is 0 Å². The van der Waals surface area contributed by atoms with E-state index in [4.69, 9.17) is 21.3 Å². The van der Waals surface area contributed by atoms with Crippen LogP contribution >= 0.6 is 11.6 Å². The summed E-state index contributed by atoms with van der Waals surface area (Å²) in [6, 6.07) is 6.37. The van der Waals surface area contributed by atoms with Gasteiger partial charge in [0.1, 0.15) is 5.82 Å². The zero-order chi connectivity index (χ0) is 14.5. The monoisotopic (exact) mass is 292 g/mol. The van der Waals surface area contributed by atoms with Gasteiger partial charge >= 0.3 is 0 Å². The van der Waals surface area contributed by atoms with Gasteiger partial charge in [-0.25, -0.2) is 4.98 Å². The summed E-state index contributed by atoms with van der Waals surface area (Å²) in [7, 11) is 0. The number of aryl methyl sites for hydroxylation is 1. The first-order valence-corrected chi connectivity index (χ1v) is 7.62. The highest BCUT2D eigenvalue weighted by Gasteiger charge is 2.41. The maximum Gasteiger partial charge on any atom is 0.128 e. The van der Waals surface area contributed by atoms with E-state index in [9.17, 15) is 0 Å². The topological polar surface area (TPSA) is 27.1 Å². The molecule has 1 aliphatic heterocycles. The van der Waals surface area contributed by atoms with Crippen molar-refractivity contribution in [3.05, 3.63) is 29.6 Å². The van der Waals surface area contributed by atoms with Crippen molar-refractivity contribution in [1.29, 1.82) is 0 Å². The van der Waals surface area contributed by atoms with E-state index in [1.807, 2.05) is 6.92 Å². The summed E-state index contributed by atoms with van der Waals surface area (Å²) >= 11 is 6.38. The van der Waals surface area contributed by atoms with Gasteiger partial charge in [-0.1, -0.05) is 6.07 Å². The molecular formula is C16H21ClN2O. The molecule has 1 aromatic carbocycles. The second-order valence-corrected chi connectivity index (χ2v) is 6.69. The molecule has 0 aliphatic carbocycles. The molecule has 1 aromatic heterocycles. The molecule has 3 unspecified atom stereocenters. The fourth-order valence-electron chi connectivity index (χ4n) is 3.13. The molecule has 3 atom stereocenters. The number of ether oxygens (including phenoxy) is 1. The minimum absolute atomic E-state index is 0.0823. The molecule has 1 aliphatic rings. The van der Waals surface area contributed by atoms with Crippen molar-refractivity contribution < 1.29 is 4.74 Å². The predicted octanol–water partition coefficient (Wildman–Crippen LogP) is 4.17. The zero-order valence-corrected chi connectivity index (χ0v) is 13.2. The number of alkyl halides is 1. The highest BCUT2D eigenvalue weighted by Crippen LogP contribution is 2.39. The number of hydrogen-bond acceptors (Lipinski definition) is 2. The summed E-state index contributed by atoms with van der Waals surface area (Å²) in [6.07, 6.45) is 1.15. The minimum Gasteiger partial charge on any atom is -0.376 e. The summed E-state index contributed by atoms with van der Waals surface area (Å²) in [4.78, 5) is 4.75. The SMILES string of the molecule is Cc1ccc2nc(C(C)Cl)n(C3(C)CCOC3C)c2c1. The Labute approximate surface area is 124 Å². The van der Waals surface area contributed by atoms with Gasteiger partial charge < -0.3 is 9.30 Å². The van der Waals surface area contributed by atoms with Gasteiger partial charge in [-0.05, 0) is 51.8 Å². The summed E-state index contributed by atoms with van der Waals surface area (Å²) in [5.74, 6) is 0.937. The van der Waals surface area contributed by atoms with E-state index in [2.05, 4.69) is 43.5 Å². The van der Waals surface area contributed by atoms with Crippen LogP contribution in [0.2, 0.25) is 0 Å². The number of rotatable bonds is 2. The Morgan fingerprint density at radius 3 is 2.85 bits per heavy atom. The Balaban J connectivity index is 2.31. The van der Waals surface area contributed by atoms with Crippen LogP contribution in [0.3, 0.4) is 0 Å². The lowest BCUT2D eigenvalue weighted by Crippen LogP contribution is -2.38. The highest BCUT2D eigenvalue weighted by molar-refractivity contribution is 6.20.